The van der Waals surface area contributed by atoms with E-state index >= 15 is 0 Å². The minimum absolute atomic E-state index is 0.0648. The summed E-state index contributed by atoms with van der Waals surface area (Å²) in [5.41, 5.74) is 0.298. The predicted molar refractivity (Wildman–Crippen MR) is 130 cm³/mol. The Balaban J connectivity index is 1.40. The van der Waals surface area contributed by atoms with E-state index in [1.165, 1.54) is 6.42 Å². The maximum Gasteiger partial charge on any atom is 0.266 e. The van der Waals surface area contributed by atoms with Crippen molar-refractivity contribution in [2.45, 2.75) is 97.2 Å². The van der Waals surface area contributed by atoms with Gasteiger partial charge in [-0.3, -0.25) is 9.35 Å². The molecule has 4 fully saturated rings. The summed E-state index contributed by atoms with van der Waals surface area (Å²) in [6.07, 6.45) is 8.89. The topological polar surface area (TPSA) is 124 Å². The fourth-order valence-corrected chi connectivity index (χ4v) is 9.63. The zero-order chi connectivity index (χ0) is 24.9. The highest BCUT2D eigenvalue weighted by molar-refractivity contribution is 7.85. The van der Waals surface area contributed by atoms with Gasteiger partial charge in [0.15, 0.2) is 0 Å². The molecule has 0 radical (unpaired) electrons. The molecule has 4 saturated carbocycles. The van der Waals surface area contributed by atoms with E-state index in [1.54, 1.807) is 0 Å². The number of carbonyl (C=O) groups is 1. The first-order valence-electron chi connectivity index (χ1n) is 13.4. The molecule has 0 aromatic carbocycles. The molecule has 0 saturated heterocycles. The van der Waals surface area contributed by atoms with Crippen molar-refractivity contribution < 1.29 is 28.0 Å². The largest absolute Gasteiger partial charge is 0.393 e. The van der Waals surface area contributed by atoms with Gasteiger partial charge in [-0.1, -0.05) is 27.2 Å². The van der Waals surface area contributed by atoms with Crippen molar-refractivity contribution in [3.8, 4) is 0 Å². The Bertz CT molecular complexity index is 863. The Morgan fingerprint density at radius 2 is 1.71 bits per heavy atom. The number of aliphatic hydroxyl groups is 2. The van der Waals surface area contributed by atoms with Crippen molar-refractivity contribution in [1.82, 2.24) is 5.32 Å². The second-order valence-electron chi connectivity index (χ2n) is 12.5. The van der Waals surface area contributed by atoms with Gasteiger partial charge in [0.1, 0.15) is 0 Å². The molecular weight excluding hydrogens is 454 g/mol. The SMILES string of the molecule is C[C@H](CCC(=O)NCCS(=O)(=O)O)[C@H]1CC[C@H]2[C@@H]3[C@H](O)CC4[C@H](O)CCC[C@]4(C)[C@H]3CC[C@]12C. The smallest absolute Gasteiger partial charge is 0.266 e. The number of amides is 1. The van der Waals surface area contributed by atoms with Crippen LogP contribution >= 0.6 is 0 Å². The second-order valence-corrected chi connectivity index (χ2v) is 14.1. The standard InChI is InChI=1S/C26H45NO6S/c1-16(6-9-23(30)27-13-14-34(31,32)33)17-7-8-18-24-19(10-12-26(17,18)3)25(2)11-4-5-21(28)20(25)15-22(24)29/h16-22,24,28-29H,4-15H2,1-3H3,(H,27,30)(H,31,32,33)/t16-,17-,18+,19+,20?,21-,22-,24+,25-,26-/m1/s1. The first-order chi connectivity index (χ1) is 15.9. The molecule has 196 valence electrons. The van der Waals surface area contributed by atoms with Crippen molar-refractivity contribution >= 4 is 16.0 Å². The third-order valence-electron chi connectivity index (χ3n) is 10.9. The Morgan fingerprint density at radius 3 is 2.41 bits per heavy atom. The molecular formula is C26H45NO6S. The molecule has 1 unspecified atom stereocenters. The van der Waals surface area contributed by atoms with Crippen LogP contribution in [0.4, 0.5) is 0 Å². The van der Waals surface area contributed by atoms with Gasteiger partial charge in [0.25, 0.3) is 10.1 Å². The van der Waals surface area contributed by atoms with E-state index in [1.807, 2.05) is 0 Å². The lowest BCUT2D eigenvalue weighted by Crippen LogP contribution is -2.60. The first-order valence-corrected chi connectivity index (χ1v) is 15.1. The van der Waals surface area contributed by atoms with Crippen LogP contribution in [0.3, 0.4) is 0 Å². The molecule has 0 bridgehead atoms. The summed E-state index contributed by atoms with van der Waals surface area (Å²) < 4.78 is 30.5. The lowest BCUT2D eigenvalue weighted by molar-refractivity contribution is -0.187. The minimum Gasteiger partial charge on any atom is -0.393 e. The molecule has 0 aliphatic heterocycles. The van der Waals surface area contributed by atoms with E-state index < -0.39 is 15.9 Å². The number of carbonyl (C=O) groups excluding carboxylic acids is 1. The van der Waals surface area contributed by atoms with Gasteiger partial charge in [-0.25, -0.2) is 0 Å². The van der Waals surface area contributed by atoms with Crippen molar-refractivity contribution in [2.24, 2.45) is 46.3 Å². The second kappa shape index (κ2) is 9.64. The highest BCUT2D eigenvalue weighted by atomic mass is 32.2. The molecule has 4 rings (SSSR count). The molecule has 0 aromatic rings. The molecule has 4 aliphatic carbocycles. The molecule has 34 heavy (non-hydrogen) atoms. The van der Waals surface area contributed by atoms with Gasteiger partial charge in [-0.05, 0) is 97.7 Å². The average molecular weight is 500 g/mol. The van der Waals surface area contributed by atoms with E-state index in [0.717, 1.165) is 51.4 Å². The van der Waals surface area contributed by atoms with Crippen LogP contribution in [0.15, 0.2) is 0 Å². The first kappa shape index (κ1) is 26.4. The number of rotatable bonds is 7. The molecule has 0 spiro atoms. The lowest BCUT2D eigenvalue weighted by atomic mass is 9.43. The van der Waals surface area contributed by atoms with Crippen LogP contribution in [0.1, 0.15) is 85.0 Å². The van der Waals surface area contributed by atoms with Gasteiger partial charge >= 0.3 is 0 Å². The maximum absolute atomic E-state index is 12.2. The monoisotopic (exact) mass is 499 g/mol. The minimum atomic E-state index is -4.06. The summed E-state index contributed by atoms with van der Waals surface area (Å²) in [6, 6.07) is 0. The van der Waals surface area contributed by atoms with Crippen molar-refractivity contribution in [3.05, 3.63) is 0 Å². The van der Waals surface area contributed by atoms with Crippen molar-refractivity contribution in [2.75, 3.05) is 12.3 Å². The Hall–Kier alpha value is -0.700. The number of nitrogens with one attached hydrogen (secondary N) is 1. The highest BCUT2D eigenvalue weighted by Crippen LogP contribution is 2.68. The summed E-state index contributed by atoms with van der Waals surface area (Å²) in [6.45, 7) is 6.99. The van der Waals surface area contributed by atoms with Gasteiger partial charge in [0, 0.05) is 13.0 Å². The van der Waals surface area contributed by atoms with Crippen LogP contribution in [0.2, 0.25) is 0 Å². The Labute approximate surface area is 205 Å². The normalized spacial score (nSPS) is 45.1. The van der Waals surface area contributed by atoms with Crippen molar-refractivity contribution in [3.63, 3.8) is 0 Å². The molecule has 10 atom stereocenters. The molecule has 0 aromatic heterocycles. The predicted octanol–water partition coefficient (Wildman–Crippen LogP) is 3.40. The van der Waals surface area contributed by atoms with Gasteiger partial charge in [0.05, 0.1) is 18.0 Å². The number of fused-ring (bicyclic) bond motifs is 5. The molecule has 1 amide bonds. The zero-order valence-corrected chi connectivity index (χ0v) is 21.9. The fraction of sp³-hybridized carbons (Fsp3) is 0.962. The summed E-state index contributed by atoms with van der Waals surface area (Å²) in [5.74, 6) is 1.77. The molecule has 4 aliphatic rings. The molecule has 8 heteroatoms. The van der Waals surface area contributed by atoms with Crippen LogP contribution in [0.5, 0.6) is 0 Å². The number of hydrogen-bond donors (Lipinski definition) is 4. The van der Waals surface area contributed by atoms with E-state index in [-0.39, 0.29) is 41.4 Å². The molecule has 4 N–H and O–H groups in total. The third-order valence-corrected chi connectivity index (χ3v) is 11.6. The van der Waals surface area contributed by atoms with Crippen LogP contribution in [0, 0.1) is 46.3 Å². The Kier molecular flexibility index (Phi) is 7.47. The summed E-state index contributed by atoms with van der Waals surface area (Å²) in [7, 11) is -4.06. The van der Waals surface area contributed by atoms with Crippen molar-refractivity contribution in [1.29, 1.82) is 0 Å². The number of hydrogen-bond acceptors (Lipinski definition) is 5. The summed E-state index contributed by atoms with van der Waals surface area (Å²) in [4.78, 5) is 12.2. The van der Waals surface area contributed by atoms with E-state index in [0.29, 0.717) is 36.0 Å². The average Bonchev–Trinajstić information content (AvgIpc) is 3.09. The van der Waals surface area contributed by atoms with Gasteiger partial charge < -0.3 is 15.5 Å². The van der Waals surface area contributed by atoms with Crippen LogP contribution in [-0.2, 0) is 14.9 Å². The zero-order valence-electron chi connectivity index (χ0n) is 21.1. The van der Waals surface area contributed by atoms with Gasteiger partial charge in [-0.15, -0.1) is 0 Å². The highest BCUT2D eigenvalue weighted by Gasteiger charge is 2.63. The quantitative estimate of drug-likeness (QED) is 0.398. The van der Waals surface area contributed by atoms with E-state index in [4.69, 9.17) is 4.55 Å². The van der Waals surface area contributed by atoms with Gasteiger partial charge in [-0.2, -0.15) is 8.42 Å². The van der Waals surface area contributed by atoms with Crippen LogP contribution < -0.4 is 5.32 Å². The number of aliphatic hydroxyl groups excluding tert-OH is 2. The van der Waals surface area contributed by atoms with Crippen LogP contribution in [-0.4, -0.2) is 53.6 Å². The molecule has 0 heterocycles. The Morgan fingerprint density at radius 1 is 1.00 bits per heavy atom. The van der Waals surface area contributed by atoms with Gasteiger partial charge in [0.2, 0.25) is 5.91 Å². The third kappa shape index (κ3) is 4.81. The maximum atomic E-state index is 12.2. The van der Waals surface area contributed by atoms with Crippen LogP contribution in [0.25, 0.3) is 0 Å². The fourth-order valence-electron chi connectivity index (χ4n) is 9.27. The van der Waals surface area contributed by atoms with E-state index in [2.05, 4.69) is 26.1 Å². The lowest BCUT2D eigenvalue weighted by Gasteiger charge is -2.62. The summed E-state index contributed by atoms with van der Waals surface area (Å²) >= 11 is 0. The molecule has 7 nitrogen and oxygen atoms in total. The summed E-state index contributed by atoms with van der Waals surface area (Å²) in [5, 5.41) is 24.7. The van der Waals surface area contributed by atoms with E-state index in [9.17, 15) is 23.4 Å².